The lowest BCUT2D eigenvalue weighted by molar-refractivity contribution is 0.0678. The SMILES string of the molecule is Nc1nccnc1CC1CCCN(C(=O)c2cc3ccccc3s2)C1. The normalized spacial score (nSPS) is 17.8. The van der Waals surface area contributed by atoms with Crippen molar-refractivity contribution in [3.05, 3.63) is 53.3 Å². The van der Waals surface area contributed by atoms with E-state index in [1.54, 1.807) is 23.7 Å². The first kappa shape index (κ1) is 16.0. The van der Waals surface area contributed by atoms with Crippen LogP contribution in [0.2, 0.25) is 0 Å². The number of benzene rings is 1. The van der Waals surface area contributed by atoms with E-state index in [1.165, 1.54) is 0 Å². The number of likely N-dealkylation sites (tertiary alicyclic amines) is 1. The Kier molecular flexibility index (Phi) is 4.36. The molecular weight excluding hydrogens is 332 g/mol. The minimum Gasteiger partial charge on any atom is -0.382 e. The largest absolute Gasteiger partial charge is 0.382 e. The van der Waals surface area contributed by atoms with E-state index in [4.69, 9.17) is 5.73 Å². The average Bonchev–Trinajstić information content (AvgIpc) is 3.07. The van der Waals surface area contributed by atoms with Crippen LogP contribution in [0.3, 0.4) is 0 Å². The van der Waals surface area contributed by atoms with Crippen molar-refractivity contribution in [3.63, 3.8) is 0 Å². The Morgan fingerprint density at radius 1 is 1.28 bits per heavy atom. The molecule has 128 valence electrons. The summed E-state index contributed by atoms with van der Waals surface area (Å²) in [6.45, 7) is 1.57. The molecule has 2 N–H and O–H groups in total. The van der Waals surface area contributed by atoms with E-state index in [1.807, 2.05) is 23.1 Å². The quantitative estimate of drug-likeness (QED) is 0.784. The summed E-state index contributed by atoms with van der Waals surface area (Å²) in [6, 6.07) is 10.1. The highest BCUT2D eigenvalue weighted by Crippen LogP contribution is 2.28. The Labute approximate surface area is 150 Å². The van der Waals surface area contributed by atoms with E-state index in [0.29, 0.717) is 11.7 Å². The predicted molar refractivity (Wildman–Crippen MR) is 101 cm³/mol. The molecule has 4 rings (SSSR count). The van der Waals surface area contributed by atoms with E-state index in [0.717, 1.165) is 53.0 Å². The van der Waals surface area contributed by atoms with Gasteiger partial charge in [-0.3, -0.25) is 9.78 Å². The molecule has 6 heteroatoms. The molecule has 1 saturated heterocycles. The lowest BCUT2D eigenvalue weighted by atomic mass is 9.93. The predicted octanol–water partition coefficient (Wildman–Crippen LogP) is 3.37. The topological polar surface area (TPSA) is 72.1 Å². The number of nitrogen functional groups attached to an aromatic ring is 1. The minimum atomic E-state index is 0.137. The van der Waals surface area contributed by atoms with Crippen molar-refractivity contribution in [2.24, 2.45) is 5.92 Å². The molecule has 0 bridgehead atoms. The van der Waals surface area contributed by atoms with Crippen molar-refractivity contribution in [1.82, 2.24) is 14.9 Å². The van der Waals surface area contributed by atoms with E-state index >= 15 is 0 Å². The minimum absolute atomic E-state index is 0.137. The molecule has 0 spiro atoms. The molecule has 0 aliphatic carbocycles. The van der Waals surface area contributed by atoms with Crippen molar-refractivity contribution < 1.29 is 4.79 Å². The fraction of sp³-hybridized carbons (Fsp3) is 0.316. The third-order valence-corrected chi connectivity index (χ3v) is 5.83. The van der Waals surface area contributed by atoms with Crippen LogP contribution in [0.15, 0.2) is 42.7 Å². The fourth-order valence-corrected chi connectivity index (χ4v) is 4.50. The molecule has 1 atom stereocenters. The third kappa shape index (κ3) is 3.35. The summed E-state index contributed by atoms with van der Waals surface area (Å²) in [5.41, 5.74) is 6.75. The van der Waals surface area contributed by atoms with Gasteiger partial charge in [0.05, 0.1) is 10.6 Å². The Morgan fingerprint density at radius 3 is 2.96 bits per heavy atom. The first-order valence-corrected chi connectivity index (χ1v) is 9.35. The summed E-state index contributed by atoms with van der Waals surface area (Å²) in [5, 5.41) is 1.14. The number of piperidine rings is 1. The number of carbonyl (C=O) groups excluding carboxylic acids is 1. The highest BCUT2D eigenvalue weighted by molar-refractivity contribution is 7.20. The summed E-state index contributed by atoms with van der Waals surface area (Å²) in [5.74, 6) is 1.01. The number of thiophene rings is 1. The molecule has 1 aromatic carbocycles. The van der Waals surface area contributed by atoms with Crippen LogP contribution in [-0.2, 0) is 6.42 Å². The van der Waals surface area contributed by atoms with Gasteiger partial charge < -0.3 is 10.6 Å². The van der Waals surface area contributed by atoms with Gasteiger partial charge in [0.1, 0.15) is 5.82 Å². The summed E-state index contributed by atoms with van der Waals surface area (Å²) in [6.07, 6.45) is 6.16. The monoisotopic (exact) mass is 352 g/mol. The van der Waals surface area contributed by atoms with E-state index in [2.05, 4.69) is 22.1 Å². The molecule has 3 aromatic rings. The van der Waals surface area contributed by atoms with Crippen molar-refractivity contribution in [1.29, 1.82) is 0 Å². The van der Waals surface area contributed by atoms with Gasteiger partial charge in [-0.1, -0.05) is 18.2 Å². The van der Waals surface area contributed by atoms with Crippen molar-refractivity contribution in [2.45, 2.75) is 19.3 Å². The molecule has 1 aliphatic heterocycles. The Hall–Kier alpha value is -2.47. The molecule has 2 aromatic heterocycles. The van der Waals surface area contributed by atoms with Crippen molar-refractivity contribution in [2.75, 3.05) is 18.8 Å². The van der Waals surface area contributed by atoms with Gasteiger partial charge in [-0.05, 0) is 42.7 Å². The number of nitrogens with zero attached hydrogens (tertiary/aromatic N) is 3. The van der Waals surface area contributed by atoms with Crippen LogP contribution >= 0.6 is 11.3 Å². The van der Waals surface area contributed by atoms with E-state index < -0.39 is 0 Å². The molecule has 3 heterocycles. The van der Waals surface area contributed by atoms with Gasteiger partial charge in [-0.15, -0.1) is 11.3 Å². The van der Waals surface area contributed by atoms with Gasteiger partial charge in [0.15, 0.2) is 0 Å². The first-order valence-electron chi connectivity index (χ1n) is 8.54. The second kappa shape index (κ2) is 6.80. The van der Waals surface area contributed by atoms with Crippen molar-refractivity contribution in [3.8, 4) is 0 Å². The Morgan fingerprint density at radius 2 is 2.12 bits per heavy atom. The van der Waals surface area contributed by atoms with Gasteiger partial charge in [-0.25, -0.2) is 4.98 Å². The zero-order valence-electron chi connectivity index (χ0n) is 13.9. The fourth-order valence-electron chi connectivity index (χ4n) is 3.47. The van der Waals surface area contributed by atoms with Gasteiger partial charge in [0.2, 0.25) is 0 Å². The number of carbonyl (C=O) groups is 1. The maximum atomic E-state index is 12.9. The number of amides is 1. The third-order valence-electron chi connectivity index (χ3n) is 4.73. The molecule has 1 unspecified atom stereocenters. The van der Waals surface area contributed by atoms with Crippen molar-refractivity contribution >= 4 is 33.1 Å². The highest BCUT2D eigenvalue weighted by atomic mass is 32.1. The number of fused-ring (bicyclic) bond motifs is 1. The van der Waals surface area contributed by atoms with Crippen LogP contribution in [0, 0.1) is 5.92 Å². The van der Waals surface area contributed by atoms with Crippen LogP contribution in [0.4, 0.5) is 5.82 Å². The summed E-state index contributed by atoms with van der Waals surface area (Å²) in [4.78, 5) is 24.2. The Balaban J connectivity index is 1.48. The second-order valence-electron chi connectivity index (χ2n) is 6.50. The van der Waals surface area contributed by atoms with Crippen LogP contribution in [0.5, 0.6) is 0 Å². The van der Waals surface area contributed by atoms with Gasteiger partial charge in [0, 0.05) is 30.2 Å². The summed E-state index contributed by atoms with van der Waals surface area (Å²) >= 11 is 1.57. The molecule has 0 saturated carbocycles. The number of hydrogen-bond donors (Lipinski definition) is 1. The van der Waals surface area contributed by atoms with Crippen LogP contribution in [0.1, 0.15) is 28.2 Å². The molecular formula is C19H20N4OS. The number of aromatic nitrogens is 2. The molecule has 1 aliphatic rings. The number of hydrogen-bond acceptors (Lipinski definition) is 5. The smallest absolute Gasteiger partial charge is 0.263 e. The lowest BCUT2D eigenvalue weighted by Gasteiger charge is -2.32. The lowest BCUT2D eigenvalue weighted by Crippen LogP contribution is -2.40. The summed E-state index contributed by atoms with van der Waals surface area (Å²) in [7, 11) is 0. The van der Waals surface area contributed by atoms with Gasteiger partial charge >= 0.3 is 0 Å². The summed E-state index contributed by atoms with van der Waals surface area (Å²) < 4.78 is 1.16. The average molecular weight is 352 g/mol. The van der Waals surface area contributed by atoms with E-state index in [-0.39, 0.29) is 5.91 Å². The maximum absolute atomic E-state index is 12.9. The second-order valence-corrected chi connectivity index (χ2v) is 7.58. The molecule has 25 heavy (non-hydrogen) atoms. The molecule has 1 fully saturated rings. The van der Waals surface area contributed by atoms with Crippen LogP contribution in [-0.4, -0.2) is 33.9 Å². The number of rotatable bonds is 3. The van der Waals surface area contributed by atoms with Gasteiger partial charge in [0.25, 0.3) is 5.91 Å². The number of nitrogens with two attached hydrogens (primary N) is 1. The van der Waals surface area contributed by atoms with Crippen LogP contribution in [0.25, 0.3) is 10.1 Å². The first-order chi connectivity index (χ1) is 12.2. The number of anilines is 1. The standard InChI is InChI=1S/C19H20N4OS/c20-18-15(21-7-8-22-18)10-13-4-3-9-23(12-13)19(24)17-11-14-5-1-2-6-16(14)25-17/h1-2,5-8,11,13H,3-4,9-10,12H2,(H2,20,22). The Bertz CT molecular complexity index is 874. The molecule has 0 radical (unpaired) electrons. The maximum Gasteiger partial charge on any atom is 0.263 e. The molecule has 1 amide bonds. The van der Waals surface area contributed by atoms with Crippen LogP contribution < -0.4 is 5.73 Å². The van der Waals surface area contributed by atoms with Gasteiger partial charge in [-0.2, -0.15) is 0 Å². The zero-order valence-corrected chi connectivity index (χ0v) is 14.7. The zero-order chi connectivity index (χ0) is 17.2. The van der Waals surface area contributed by atoms with E-state index in [9.17, 15) is 4.79 Å². The highest BCUT2D eigenvalue weighted by Gasteiger charge is 2.26. The molecule has 5 nitrogen and oxygen atoms in total.